The van der Waals surface area contributed by atoms with Gasteiger partial charge in [-0.3, -0.25) is 0 Å². The number of benzene rings is 1. The second-order valence-corrected chi connectivity index (χ2v) is 5.04. The van der Waals surface area contributed by atoms with Gasteiger partial charge in [0, 0.05) is 19.7 Å². The molecule has 1 aromatic carbocycles. The van der Waals surface area contributed by atoms with E-state index >= 15 is 0 Å². The number of rotatable bonds is 9. The first kappa shape index (κ1) is 16.0. The van der Waals surface area contributed by atoms with Crippen molar-refractivity contribution in [1.82, 2.24) is 4.90 Å². The van der Waals surface area contributed by atoms with Crippen molar-refractivity contribution in [2.24, 2.45) is 0 Å². The molecule has 0 saturated heterocycles. The van der Waals surface area contributed by atoms with Crippen molar-refractivity contribution < 1.29 is 9.84 Å². The molecule has 3 nitrogen and oxygen atoms in total. The fourth-order valence-electron chi connectivity index (χ4n) is 2.22. The predicted octanol–water partition coefficient (Wildman–Crippen LogP) is 2.78. The zero-order chi connectivity index (χ0) is 14.1. The maximum Gasteiger partial charge on any atom is 0.119 e. The van der Waals surface area contributed by atoms with Crippen molar-refractivity contribution in [3.05, 3.63) is 29.3 Å². The third-order valence-electron chi connectivity index (χ3n) is 3.16. The normalized spacial score (nSPS) is 11.0. The topological polar surface area (TPSA) is 32.7 Å². The molecule has 0 spiro atoms. The van der Waals surface area contributed by atoms with Gasteiger partial charge in [0.25, 0.3) is 0 Å². The average molecular weight is 265 g/mol. The third-order valence-corrected chi connectivity index (χ3v) is 3.16. The van der Waals surface area contributed by atoms with E-state index in [0.717, 1.165) is 44.8 Å². The highest BCUT2D eigenvalue weighted by atomic mass is 16.5. The summed E-state index contributed by atoms with van der Waals surface area (Å²) in [7, 11) is 0. The summed E-state index contributed by atoms with van der Waals surface area (Å²) in [5, 5.41) is 8.83. The summed E-state index contributed by atoms with van der Waals surface area (Å²) in [5.41, 5.74) is 2.49. The standard InChI is InChI=1S/C16H27NO2/c1-4-17(7-5-9-18)8-6-10-19-16-12-14(2)11-15(3)13-16/h11-13,18H,4-10H2,1-3H3. The van der Waals surface area contributed by atoms with Gasteiger partial charge in [-0.1, -0.05) is 13.0 Å². The molecule has 0 amide bonds. The first-order chi connectivity index (χ1) is 9.15. The third kappa shape index (κ3) is 6.60. The van der Waals surface area contributed by atoms with Crippen LogP contribution in [0.15, 0.2) is 18.2 Å². The fourth-order valence-corrected chi connectivity index (χ4v) is 2.22. The summed E-state index contributed by atoms with van der Waals surface area (Å²) >= 11 is 0. The van der Waals surface area contributed by atoms with Gasteiger partial charge in [0.1, 0.15) is 5.75 Å². The molecular weight excluding hydrogens is 238 g/mol. The van der Waals surface area contributed by atoms with E-state index in [1.807, 2.05) is 0 Å². The Morgan fingerprint density at radius 3 is 2.26 bits per heavy atom. The molecule has 0 radical (unpaired) electrons. The number of ether oxygens (including phenoxy) is 1. The van der Waals surface area contributed by atoms with Gasteiger partial charge in [-0.2, -0.15) is 0 Å². The predicted molar refractivity (Wildman–Crippen MR) is 79.8 cm³/mol. The quantitative estimate of drug-likeness (QED) is 0.697. The number of nitrogens with zero attached hydrogens (tertiary/aromatic N) is 1. The number of hydrogen-bond acceptors (Lipinski definition) is 3. The van der Waals surface area contributed by atoms with Crippen LogP contribution in [0.1, 0.15) is 30.9 Å². The Morgan fingerprint density at radius 1 is 1.05 bits per heavy atom. The Balaban J connectivity index is 2.25. The Kier molecular flexibility index (Phi) is 7.53. The molecule has 0 aromatic heterocycles. The number of aliphatic hydroxyl groups is 1. The van der Waals surface area contributed by atoms with E-state index in [2.05, 4.69) is 43.9 Å². The molecule has 1 N–H and O–H groups in total. The average Bonchev–Trinajstić information content (AvgIpc) is 2.37. The van der Waals surface area contributed by atoms with Crippen molar-refractivity contribution in [2.45, 2.75) is 33.6 Å². The molecule has 0 fully saturated rings. The van der Waals surface area contributed by atoms with Crippen molar-refractivity contribution in [3.8, 4) is 5.75 Å². The lowest BCUT2D eigenvalue weighted by Crippen LogP contribution is -2.27. The Labute approximate surface area is 117 Å². The monoisotopic (exact) mass is 265 g/mol. The van der Waals surface area contributed by atoms with Crippen molar-refractivity contribution in [3.63, 3.8) is 0 Å². The maximum absolute atomic E-state index is 8.83. The van der Waals surface area contributed by atoms with Gasteiger partial charge >= 0.3 is 0 Å². The molecule has 0 heterocycles. The van der Waals surface area contributed by atoms with Crippen LogP contribution in [-0.4, -0.2) is 42.9 Å². The van der Waals surface area contributed by atoms with Crippen LogP contribution in [0.5, 0.6) is 5.75 Å². The first-order valence-corrected chi connectivity index (χ1v) is 7.20. The number of aryl methyl sites for hydroxylation is 2. The second kappa shape index (κ2) is 8.94. The van der Waals surface area contributed by atoms with Gasteiger partial charge in [0.15, 0.2) is 0 Å². The van der Waals surface area contributed by atoms with E-state index in [0.29, 0.717) is 0 Å². The molecule has 1 rings (SSSR count). The van der Waals surface area contributed by atoms with Crippen LogP contribution >= 0.6 is 0 Å². The minimum atomic E-state index is 0.273. The Hall–Kier alpha value is -1.06. The highest BCUT2D eigenvalue weighted by molar-refractivity contribution is 5.32. The Morgan fingerprint density at radius 2 is 1.68 bits per heavy atom. The Bertz CT molecular complexity index is 346. The molecule has 19 heavy (non-hydrogen) atoms. The molecule has 0 saturated carbocycles. The van der Waals surface area contributed by atoms with Crippen LogP contribution in [0.3, 0.4) is 0 Å². The largest absolute Gasteiger partial charge is 0.494 e. The summed E-state index contributed by atoms with van der Waals surface area (Å²) in [6.07, 6.45) is 1.87. The highest BCUT2D eigenvalue weighted by Gasteiger charge is 2.02. The van der Waals surface area contributed by atoms with Gasteiger partial charge in [0.05, 0.1) is 6.61 Å². The smallest absolute Gasteiger partial charge is 0.119 e. The minimum absolute atomic E-state index is 0.273. The first-order valence-electron chi connectivity index (χ1n) is 7.20. The van der Waals surface area contributed by atoms with Gasteiger partial charge in [-0.25, -0.2) is 0 Å². The lowest BCUT2D eigenvalue weighted by Gasteiger charge is -2.19. The van der Waals surface area contributed by atoms with Gasteiger partial charge in [-0.15, -0.1) is 0 Å². The molecule has 0 bridgehead atoms. The minimum Gasteiger partial charge on any atom is -0.494 e. The second-order valence-electron chi connectivity index (χ2n) is 5.04. The molecule has 3 heteroatoms. The van der Waals surface area contributed by atoms with E-state index in [1.165, 1.54) is 11.1 Å². The molecule has 108 valence electrons. The summed E-state index contributed by atoms with van der Waals surface area (Å²) in [4.78, 5) is 2.35. The van der Waals surface area contributed by atoms with Crippen LogP contribution < -0.4 is 4.74 Å². The number of aliphatic hydroxyl groups excluding tert-OH is 1. The molecular formula is C16H27NO2. The van der Waals surface area contributed by atoms with Crippen LogP contribution in [0.2, 0.25) is 0 Å². The molecule has 1 aromatic rings. The van der Waals surface area contributed by atoms with E-state index < -0.39 is 0 Å². The van der Waals surface area contributed by atoms with Gasteiger partial charge in [0.2, 0.25) is 0 Å². The molecule has 0 aliphatic heterocycles. The van der Waals surface area contributed by atoms with Crippen LogP contribution in [0.4, 0.5) is 0 Å². The summed E-state index contributed by atoms with van der Waals surface area (Å²) < 4.78 is 5.79. The van der Waals surface area contributed by atoms with E-state index in [1.54, 1.807) is 0 Å². The zero-order valence-electron chi connectivity index (χ0n) is 12.5. The highest BCUT2D eigenvalue weighted by Crippen LogP contribution is 2.16. The van der Waals surface area contributed by atoms with E-state index in [4.69, 9.17) is 9.84 Å². The van der Waals surface area contributed by atoms with Crippen molar-refractivity contribution in [1.29, 1.82) is 0 Å². The molecule has 0 unspecified atom stereocenters. The van der Waals surface area contributed by atoms with E-state index in [9.17, 15) is 0 Å². The molecule has 0 atom stereocenters. The van der Waals surface area contributed by atoms with Gasteiger partial charge < -0.3 is 14.7 Å². The van der Waals surface area contributed by atoms with Crippen molar-refractivity contribution in [2.75, 3.05) is 32.8 Å². The number of hydrogen-bond donors (Lipinski definition) is 1. The molecule has 0 aliphatic rings. The maximum atomic E-state index is 8.83. The summed E-state index contributed by atoms with van der Waals surface area (Å²) in [6.45, 7) is 10.4. The van der Waals surface area contributed by atoms with Crippen molar-refractivity contribution >= 4 is 0 Å². The lowest BCUT2D eigenvalue weighted by atomic mass is 10.1. The SMILES string of the molecule is CCN(CCCO)CCCOc1cc(C)cc(C)c1. The van der Waals surface area contributed by atoms with Crippen LogP contribution in [-0.2, 0) is 0 Å². The zero-order valence-corrected chi connectivity index (χ0v) is 12.5. The van der Waals surface area contributed by atoms with E-state index in [-0.39, 0.29) is 6.61 Å². The van der Waals surface area contributed by atoms with Crippen LogP contribution in [0.25, 0.3) is 0 Å². The van der Waals surface area contributed by atoms with Crippen LogP contribution in [0, 0.1) is 13.8 Å². The van der Waals surface area contributed by atoms with Gasteiger partial charge in [-0.05, 0) is 56.5 Å². The fraction of sp³-hybridized carbons (Fsp3) is 0.625. The summed E-state index contributed by atoms with van der Waals surface area (Å²) in [6, 6.07) is 6.31. The molecule has 0 aliphatic carbocycles. The lowest BCUT2D eigenvalue weighted by molar-refractivity contribution is 0.213. The summed E-state index contributed by atoms with van der Waals surface area (Å²) in [5.74, 6) is 0.968.